The number of nitrogens with zero attached hydrogens (tertiary/aromatic N) is 2. The van der Waals surface area contributed by atoms with Gasteiger partial charge in [-0.3, -0.25) is 10.0 Å². The maximum absolute atomic E-state index is 12.2. The van der Waals surface area contributed by atoms with E-state index in [0.717, 1.165) is 21.7 Å². The van der Waals surface area contributed by atoms with Crippen LogP contribution in [0.15, 0.2) is 51.9 Å². The van der Waals surface area contributed by atoms with Gasteiger partial charge in [-0.25, -0.2) is 4.79 Å². The number of aromatic nitrogens is 1. The molecular formula is C18H20N4O3S. The number of anilines is 2. The number of ether oxygens (including phenoxy) is 1. The molecule has 0 saturated carbocycles. The summed E-state index contributed by atoms with van der Waals surface area (Å²) in [5.41, 5.74) is 1.53. The molecule has 0 unspecified atom stereocenters. The van der Waals surface area contributed by atoms with Gasteiger partial charge in [0.15, 0.2) is 11.4 Å². The highest BCUT2D eigenvalue weighted by molar-refractivity contribution is 7.98. The number of fused-ring (bicyclic) bond motifs is 1. The van der Waals surface area contributed by atoms with Crippen molar-refractivity contribution in [3.05, 3.63) is 42.5 Å². The van der Waals surface area contributed by atoms with Crippen molar-refractivity contribution in [1.29, 1.82) is 0 Å². The summed E-state index contributed by atoms with van der Waals surface area (Å²) >= 11 is 1.21. The van der Waals surface area contributed by atoms with E-state index in [-0.39, 0.29) is 6.03 Å². The molecule has 3 rings (SSSR count). The standard InChI is InChI=1S/C18H20N4O3S/c1-4-24-12-8-10-13(11-9-12)26-21-18(23)19-17-16-14(22(2)3)6-5-7-15(16)25-20-17/h5-11H,4H2,1-3H3,(H2,19,20,21,23). The predicted molar refractivity (Wildman–Crippen MR) is 104 cm³/mol. The third-order valence-electron chi connectivity index (χ3n) is 3.59. The van der Waals surface area contributed by atoms with Crippen molar-refractivity contribution in [2.24, 2.45) is 0 Å². The van der Waals surface area contributed by atoms with Crippen LogP contribution >= 0.6 is 11.9 Å². The molecule has 0 radical (unpaired) electrons. The van der Waals surface area contributed by atoms with Crippen molar-refractivity contribution in [1.82, 2.24) is 9.88 Å². The number of hydrogen-bond acceptors (Lipinski definition) is 6. The number of hydrogen-bond donors (Lipinski definition) is 2. The van der Waals surface area contributed by atoms with Crippen LogP contribution < -0.4 is 19.7 Å². The Hall–Kier alpha value is -2.87. The molecule has 7 nitrogen and oxygen atoms in total. The Bertz CT molecular complexity index is 893. The molecule has 2 amide bonds. The zero-order valence-corrected chi connectivity index (χ0v) is 15.6. The van der Waals surface area contributed by atoms with Crippen LogP contribution in [0.5, 0.6) is 5.75 Å². The lowest BCUT2D eigenvalue weighted by atomic mass is 10.2. The average molecular weight is 372 g/mol. The normalized spacial score (nSPS) is 10.6. The highest BCUT2D eigenvalue weighted by Gasteiger charge is 2.16. The lowest BCUT2D eigenvalue weighted by Gasteiger charge is -2.13. The van der Waals surface area contributed by atoms with Crippen molar-refractivity contribution in [2.75, 3.05) is 30.9 Å². The molecule has 26 heavy (non-hydrogen) atoms. The summed E-state index contributed by atoms with van der Waals surface area (Å²) in [4.78, 5) is 15.0. The van der Waals surface area contributed by atoms with Gasteiger partial charge in [-0.15, -0.1) is 0 Å². The number of nitrogens with one attached hydrogen (secondary N) is 2. The second kappa shape index (κ2) is 8.01. The minimum atomic E-state index is -0.382. The fraction of sp³-hybridized carbons (Fsp3) is 0.222. The topological polar surface area (TPSA) is 79.6 Å². The van der Waals surface area contributed by atoms with Gasteiger partial charge in [-0.2, -0.15) is 0 Å². The van der Waals surface area contributed by atoms with E-state index in [9.17, 15) is 4.79 Å². The van der Waals surface area contributed by atoms with E-state index in [0.29, 0.717) is 18.0 Å². The van der Waals surface area contributed by atoms with Crippen molar-refractivity contribution >= 4 is 40.5 Å². The highest BCUT2D eigenvalue weighted by atomic mass is 32.2. The fourth-order valence-corrected chi connectivity index (χ4v) is 2.97. The Morgan fingerprint density at radius 1 is 1.23 bits per heavy atom. The molecule has 0 bridgehead atoms. The number of benzene rings is 2. The lowest BCUT2D eigenvalue weighted by Crippen LogP contribution is -2.23. The first kappa shape index (κ1) is 17.9. The maximum Gasteiger partial charge on any atom is 0.330 e. The van der Waals surface area contributed by atoms with Gasteiger partial charge in [0.25, 0.3) is 0 Å². The average Bonchev–Trinajstić information content (AvgIpc) is 3.04. The molecule has 0 aliphatic rings. The molecule has 0 fully saturated rings. The minimum Gasteiger partial charge on any atom is -0.494 e. The molecule has 2 N–H and O–H groups in total. The number of urea groups is 1. The number of carbonyl (C=O) groups excluding carboxylic acids is 1. The van der Waals surface area contributed by atoms with E-state index in [1.807, 2.05) is 68.4 Å². The van der Waals surface area contributed by atoms with E-state index in [4.69, 9.17) is 9.26 Å². The van der Waals surface area contributed by atoms with Crippen LogP contribution in [0.3, 0.4) is 0 Å². The Balaban J connectivity index is 1.66. The van der Waals surface area contributed by atoms with Crippen LogP contribution in [-0.2, 0) is 0 Å². The summed E-state index contributed by atoms with van der Waals surface area (Å²) < 4.78 is 13.4. The van der Waals surface area contributed by atoms with Gasteiger partial charge >= 0.3 is 6.03 Å². The summed E-state index contributed by atoms with van der Waals surface area (Å²) in [5.74, 6) is 1.18. The van der Waals surface area contributed by atoms with Gasteiger partial charge in [0, 0.05) is 19.0 Å². The van der Waals surface area contributed by atoms with Crippen molar-refractivity contribution in [2.45, 2.75) is 11.8 Å². The summed E-state index contributed by atoms with van der Waals surface area (Å²) in [6, 6.07) is 12.7. The predicted octanol–water partition coefficient (Wildman–Crippen LogP) is 4.12. The second-order valence-electron chi connectivity index (χ2n) is 5.64. The SMILES string of the molecule is CCOc1ccc(SNC(=O)Nc2noc3cccc(N(C)C)c23)cc1. The molecule has 0 saturated heterocycles. The quantitative estimate of drug-likeness (QED) is 0.634. The van der Waals surface area contributed by atoms with Gasteiger partial charge in [0.05, 0.1) is 17.7 Å². The van der Waals surface area contributed by atoms with E-state index in [1.165, 1.54) is 11.9 Å². The number of amides is 2. The third-order valence-corrected chi connectivity index (χ3v) is 4.38. The zero-order chi connectivity index (χ0) is 18.5. The van der Waals surface area contributed by atoms with Crippen molar-refractivity contribution < 1.29 is 14.1 Å². The number of rotatable bonds is 6. The first-order valence-corrected chi connectivity index (χ1v) is 8.92. The largest absolute Gasteiger partial charge is 0.494 e. The fourth-order valence-electron chi connectivity index (χ4n) is 2.44. The monoisotopic (exact) mass is 372 g/mol. The molecule has 1 heterocycles. The molecule has 0 aliphatic carbocycles. The van der Waals surface area contributed by atoms with Crippen LogP contribution in [-0.4, -0.2) is 31.9 Å². The van der Waals surface area contributed by atoms with Gasteiger partial charge < -0.3 is 14.2 Å². The van der Waals surface area contributed by atoms with E-state index in [2.05, 4.69) is 15.2 Å². The van der Waals surface area contributed by atoms with E-state index in [1.54, 1.807) is 0 Å². The summed E-state index contributed by atoms with van der Waals surface area (Å²) in [6.45, 7) is 2.55. The van der Waals surface area contributed by atoms with Gasteiger partial charge in [0.2, 0.25) is 0 Å². The Kier molecular flexibility index (Phi) is 5.52. The molecular weight excluding hydrogens is 352 g/mol. The maximum atomic E-state index is 12.2. The Morgan fingerprint density at radius 3 is 2.69 bits per heavy atom. The van der Waals surface area contributed by atoms with E-state index >= 15 is 0 Å². The van der Waals surface area contributed by atoms with Gasteiger partial charge in [-0.05, 0) is 55.3 Å². The molecule has 0 atom stereocenters. The molecule has 0 spiro atoms. The van der Waals surface area contributed by atoms with Crippen molar-refractivity contribution in [3.8, 4) is 5.75 Å². The van der Waals surface area contributed by atoms with Crippen molar-refractivity contribution in [3.63, 3.8) is 0 Å². The molecule has 1 aromatic heterocycles. The summed E-state index contributed by atoms with van der Waals surface area (Å²) in [6.07, 6.45) is 0. The second-order valence-corrected chi connectivity index (χ2v) is 6.52. The molecule has 136 valence electrons. The van der Waals surface area contributed by atoms with Crippen LogP contribution in [0.2, 0.25) is 0 Å². The molecule has 0 aliphatic heterocycles. The highest BCUT2D eigenvalue weighted by Crippen LogP contribution is 2.31. The first-order chi connectivity index (χ1) is 12.6. The Morgan fingerprint density at radius 2 is 2.00 bits per heavy atom. The molecule has 8 heteroatoms. The van der Waals surface area contributed by atoms with E-state index < -0.39 is 0 Å². The smallest absolute Gasteiger partial charge is 0.330 e. The minimum absolute atomic E-state index is 0.382. The van der Waals surface area contributed by atoms with Crippen LogP contribution in [0.1, 0.15) is 6.92 Å². The third kappa shape index (κ3) is 4.02. The molecule has 2 aromatic carbocycles. The first-order valence-electron chi connectivity index (χ1n) is 8.11. The van der Waals surface area contributed by atoms with Crippen LogP contribution in [0, 0.1) is 0 Å². The number of carbonyl (C=O) groups is 1. The zero-order valence-electron chi connectivity index (χ0n) is 14.8. The summed E-state index contributed by atoms with van der Waals surface area (Å²) in [7, 11) is 3.85. The van der Waals surface area contributed by atoms with Crippen LogP contribution in [0.4, 0.5) is 16.3 Å². The Labute approximate surface area is 155 Å². The summed E-state index contributed by atoms with van der Waals surface area (Å²) in [5, 5.41) is 7.46. The van der Waals surface area contributed by atoms with Gasteiger partial charge in [-0.1, -0.05) is 11.2 Å². The van der Waals surface area contributed by atoms with Gasteiger partial charge in [0.1, 0.15) is 5.75 Å². The van der Waals surface area contributed by atoms with Crippen LogP contribution in [0.25, 0.3) is 11.0 Å². The molecule has 3 aromatic rings. The lowest BCUT2D eigenvalue weighted by molar-refractivity contribution is 0.257.